The van der Waals surface area contributed by atoms with Crippen LogP contribution in [0.4, 0.5) is 0 Å². The molecule has 3 heteroatoms. The minimum absolute atomic E-state index is 0.109. The molecule has 5 aromatic rings. The Morgan fingerprint density at radius 3 is 2.56 bits per heavy atom. The van der Waals surface area contributed by atoms with Crippen LogP contribution in [-0.2, 0) is 0 Å². The molecule has 5 rings (SSSR count). The Kier molecular flexibility index (Phi) is 2.64. The molecule has 0 fully saturated rings. The molecule has 27 heavy (non-hydrogen) atoms. The molecule has 0 saturated heterocycles. The minimum atomic E-state index is -0.384. The molecule has 0 atom stereocenters. The molecule has 2 heterocycles. The molecule has 0 saturated carbocycles. The predicted octanol–water partition coefficient (Wildman–Crippen LogP) is 6.19. The van der Waals surface area contributed by atoms with Crippen LogP contribution in [0.5, 0.6) is 0 Å². The van der Waals surface area contributed by atoms with Crippen molar-refractivity contribution in [3.63, 3.8) is 0 Å². The van der Waals surface area contributed by atoms with Gasteiger partial charge < -0.3 is 4.42 Å². The molecular formula is C24H14N2O. The van der Waals surface area contributed by atoms with Gasteiger partial charge in [0.1, 0.15) is 17.2 Å². The molecule has 0 aliphatic rings. The normalized spacial score (nSPS) is 13.0. The van der Waals surface area contributed by atoms with Gasteiger partial charge in [-0.2, -0.15) is 5.26 Å². The maximum Gasteiger partial charge on any atom is 0.153 e. The molecular weight excluding hydrogens is 332 g/mol. The van der Waals surface area contributed by atoms with Crippen LogP contribution in [0.25, 0.3) is 44.3 Å². The highest BCUT2D eigenvalue weighted by Crippen LogP contribution is 2.39. The zero-order valence-corrected chi connectivity index (χ0v) is 14.1. The van der Waals surface area contributed by atoms with Crippen LogP contribution in [-0.4, -0.2) is 4.98 Å². The average Bonchev–Trinajstić information content (AvgIpc) is 3.19. The summed E-state index contributed by atoms with van der Waals surface area (Å²) in [4.78, 5) is 4.08. The average molecular weight is 350 g/mol. The van der Waals surface area contributed by atoms with E-state index in [-0.39, 0.29) is 30.0 Å². The van der Waals surface area contributed by atoms with Crippen LogP contribution < -0.4 is 0 Å². The van der Waals surface area contributed by atoms with Gasteiger partial charge in [-0.1, -0.05) is 54.6 Å². The number of pyridine rings is 1. The monoisotopic (exact) mass is 350 g/mol. The number of hydrogen-bond acceptors (Lipinski definition) is 3. The van der Waals surface area contributed by atoms with E-state index in [2.05, 4.69) is 11.1 Å². The summed E-state index contributed by atoms with van der Waals surface area (Å²) in [6, 6.07) is 20.0. The van der Waals surface area contributed by atoms with Gasteiger partial charge in [0.15, 0.2) is 5.58 Å². The summed E-state index contributed by atoms with van der Waals surface area (Å²) < 4.78 is 38.0. The van der Waals surface area contributed by atoms with Gasteiger partial charge in [0, 0.05) is 28.1 Å². The second-order valence-electron chi connectivity index (χ2n) is 6.07. The van der Waals surface area contributed by atoms with Gasteiger partial charge in [-0.15, -0.1) is 0 Å². The van der Waals surface area contributed by atoms with Crippen LogP contribution in [0.3, 0.4) is 0 Å². The van der Waals surface area contributed by atoms with Gasteiger partial charge in [-0.05, 0) is 29.8 Å². The lowest BCUT2D eigenvalue weighted by molar-refractivity contribution is 0.668. The van der Waals surface area contributed by atoms with E-state index in [1.165, 1.54) is 0 Å². The summed E-state index contributed by atoms with van der Waals surface area (Å²) in [5, 5.41) is 11.4. The molecule has 3 nitrogen and oxygen atoms in total. The van der Waals surface area contributed by atoms with Crippen molar-refractivity contribution in [3.8, 4) is 28.5 Å². The fourth-order valence-electron chi connectivity index (χ4n) is 3.38. The lowest BCUT2D eigenvalue weighted by Crippen LogP contribution is -1.84. The van der Waals surface area contributed by atoms with E-state index in [9.17, 15) is 5.26 Å². The summed E-state index contributed by atoms with van der Waals surface area (Å²) in [6.45, 7) is 0. The molecule has 0 amide bonds. The molecule has 0 spiro atoms. The Morgan fingerprint density at radius 2 is 1.70 bits per heavy atom. The lowest BCUT2D eigenvalue weighted by Gasteiger charge is -2.04. The van der Waals surface area contributed by atoms with Gasteiger partial charge in [-0.25, -0.2) is 0 Å². The van der Waals surface area contributed by atoms with Crippen molar-refractivity contribution in [2.75, 3.05) is 0 Å². The van der Waals surface area contributed by atoms with Gasteiger partial charge >= 0.3 is 0 Å². The van der Waals surface area contributed by atoms with Gasteiger partial charge in [0.2, 0.25) is 0 Å². The number of nitriles is 1. The number of hydrogen-bond donors (Lipinski definition) is 0. The Morgan fingerprint density at radius 1 is 0.852 bits per heavy atom. The number of benzene rings is 3. The lowest BCUT2D eigenvalue weighted by atomic mass is 9.97. The maximum absolute atomic E-state index is 9.91. The summed E-state index contributed by atoms with van der Waals surface area (Å²) >= 11 is 0. The zero-order chi connectivity index (χ0) is 21.7. The molecule has 0 bridgehead atoms. The molecule has 0 aliphatic carbocycles. The standard InChI is InChI=1S/C24H14N2O/c25-15-21-17(16-7-2-1-3-8-16)12-13-19-18-9-6-10-20(23(18)27-24(19)21)22-11-4-5-14-26-22/h1-14H/i4D,5D,11D,14D. The van der Waals surface area contributed by atoms with Gasteiger partial charge in [-0.3, -0.25) is 4.98 Å². The van der Waals surface area contributed by atoms with Crippen molar-refractivity contribution >= 4 is 21.9 Å². The van der Waals surface area contributed by atoms with Gasteiger partial charge in [0.25, 0.3) is 0 Å². The second-order valence-corrected chi connectivity index (χ2v) is 6.07. The zero-order valence-electron chi connectivity index (χ0n) is 18.1. The second kappa shape index (κ2) is 6.12. The summed E-state index contributed by atoms with van der Waals surface area (Å²) in [5.41, 5.74) is 3.50. The molecule has 0 N–H and O–H groups in total. The quantitative estimate of drug-likeness (QED) is 0.381. The minimum Gasteiger partial charge on any atom is -0.454 e. The highest BCUT2D eigenvalue weighted by molar-refractivity contribution is 6.11. The fraction of sp³-hybridized carbons (Fsp3) is 0. The van der Waals surface area contributed by atoms with Crippen molar-refractivity contribution in [2.24, 2.45) is 0 Å². The number of para-hydroxylation sites is 1. The summed E-state index contributed by atoms with van der Waals surface area (Å²) in [5.74, 6) is 0. The number of aromatic nitrogens is 1. The topological polar surface area (TPSA) is 49.8 Å². The van der Waals surface area contributed by atoms with Crippen LogP contribution in [0.15, 0.2) is 89.4 Å². The molecule has 0 radical (unpaired) electrons. The van der Waals surface area contributed by atoms with Crippen molar-refractivity contribution in [3.05, 3.63) is 90.5 Å². The van der Waals surface area contributed by atoms with Crippen LogP contribution >= 0.6 is 0 Å². The molecule has 0 aliphatic heterocycles. The number of rotatable bonds is 2. The number of nitrogens with zero attached hydrogens (tertiary/aromatic N) is 2. The highest BCUT2D eigenvalue weighted by Gasteiger charge is 2.18. The van der Waals surface area contributed by atoms with E-state index >= 15 is 0 Å². The first-order valence-electron chi connectivity index (χ1n) is 10.4. The third kappa shape index (κ3) is 2.39. The third-order valence-corrected chi connectivity index (χ3v) is 4.59. The van der Waals surface area contributed by atoms with Crippen molar-refractivity contribution in [1.29, 1.82) is 5.26 Å². The largest absolute Gasteiger partial charge is 0.454 e. The van der Waals surface area contributed by atoms with Crippen molar-refractivity contribution < 1.29 is 9.90 Å². The van der Waals surface area contributed by atoms with E-state index in [0.29, 0.717) is 22.3 Å². The maximum atomic E-state index is 9.91. The van der Waals surface area contributed by atoms with Crippen molar-refractivity contribution in [2.45, 2.75) is 0 Å². The van der Waals surface area contributed by atoms with E-state index < -0.39 is 0 Å². The Balaban J connectivity index is 1.85. The number of furan rings is 1. The molecule has 3 aromatic carbocycles. The summed E-state index contributed by atoms with van der Waals surface area (Å²) in [7, 11) is 0. The third-order valence-electron chi connectivity index (χ3n) is 4.59. The number of fused-ring (bicyclic) bond motifs is 3. The van der Waals surface area contributed by atoms with E-state index in [4.69, 9.17) is 9.90 Å². The van der Waals surface area contributed by atoms with Gasteiger partial charge in [0.05, 0.1) is 11.2 Å². The van der Waals surface area contributed by atoms with Crippen LogP contribution in [0, 0.1) is 11.3 Å². The SMILES string of the molecule is [2H]c1nc(-c2cccc3c2oc2c(C#N)c(-c4ccccc4)ccc23)c([2H])c([2H])c1[2H]. The van der Waals surface area contributed by atoms with E-state index in [1.54, 1.807) is 12.1 Å². The Bertz CT molecular complexity index is 1540. The highest BCUT2D eigenvalue weighted by atomic mass is 16.3. The van der Waals surface area contributed by atoms with E-state index in [1.807, 2.05) is 48.5 Å². The Labute approximate surface area is 161 Å². The first kappa shape index (κ1) is 11.7. The van der Waals surface area contributed by atoms with Crippen LogP contribution in [0.2, 0.25) is 0 Å². The van der Waals surface area contributed by atoms with E-state index in [0.717, 1.165) is 21.9 Å². The molecule has 126 valence electrons. The smallest absolute Gasteiger partial charge is 0.153 e. The van der Waals surface area contributed by atoms with Crippen molar-refractivity contribution in [1.82, 2.24) is 4.98 Å². The van der Waals surface area contributed by atoms with Crippen LogP contribution in [0.1, 0.15) is 11.0 Å². The molecule has 2 aromatic heterocycles. The first-order valence-corrected chi connectivity index (χ1v) is 8.39. The fourth-order valence-corrected chi connectivity index (χ4v) is 3.38. The molecule has 0 unspecified atom stereocenters. The summed E-state index contributed by atoms with van der Waals surface area (Å²) in [6.07, 6.45) is -0.367. The first-order chi connectivity index (χ1) is 15.0. The Hall–Kier alpha value is -3.90. The predicted molar refractivity (Wildman–Crippen MR) is 107 cm³/mol.